The van der Waals surface area contributed by atoms with Crippen molar-refractivity contribution in [2.75, 3.05) is 0 Å². The van der Waals surface area contributed by atoms with Gasteiger partial charge in [-0.15, -0.1) is 0 Å². The largest absolute Gasteiger partial charge is 0.480 e. The maximum Gasteiger partial charge on any atom is 0.480 e. The molecule has 30 heavy (non-hydrogen) atoms. The predicted octanol–water partition coefficient (Wildman–Crippen LogP) is 3.54. The first-order valence-electron chi connectivity index (χ1n) is 8.01. The molecular formula is C15H17F6N3O4S2. The lowest BCUT2D eigenvalue weighted by Gasteiger charge is -2.22. The molecular weight excluding hydrogens is 464 g/mol. The molecule has 1 heterocycles. The van der Waals surface area contributed by atoms with Crippen LogP contribution in [0.2, 0.25) is 0 Å². The van der Waals surface area contributed by atoms with Crippen molar-refractivity contribution >= 4 is 20.0 Å². The maximum atomic E-state index is 11.4. The molecule has 0 aliphatic rings. The van der Waals surface area contributed by atoms with Gasteiger partial charge in [0.25, 0.3) is 0 Å². The van der Waals surface area contributed by atoms with Crippen LogP contribution in [0.25, 0.3) is 9.81 Å². The number of alkyl halides is 6. The Labute approximate surface area is 169 Å². The van der Waals surface area contributed by atoms with Gasteiger partial charge in [0.15, 0.2) is 20.0 Å². The highest BCUT2D eigenvalue weighted by Gasteiger charge is 2.46. The molecule has 7 nitrogen and oxygen atoms in total. The van der Waals surface area contributed by atoms with E-state index in [1.54, 1.807) is 0 Å². The van der Waals surface area contributed by atoms with E-state index in [2.05, 4.69) is 66.0 Å². The predicted molar refractivity (Wildman–Crippen MR) is 94.3 cm³/mol. The summed E-state index contributed by atoms with van der Waals surface area (Å²) in [5.74, 6) is 0. The summed E-state index contributed by atoms with van der Waals surface area (Å²) in [6.07, 6.45) is 7.51. The monoisotopic (exact) mass is 481 g/mol. The van der Waals surface area contributed by atoms with Crippen molar-refractivity contribution in [2.24, 2.45) is 0 Å². The summed E-state index contributed by atoms with van der Waals surface area (Å²) in [7, 11) is -13.4. The number of aromatic nitrogens is 2. The van der Waals surface area contributed by atoms with Gasteiger partial charge in [0.2, 0.25) is 6.33 Å². The molecule has 2 aromatic rings. The van der Waals surface area contributed by atoms with Crippen molar-refractivity contribution in [3.8, 4) is 5.69 Å². The fraction of sp³-hybridized carbons (Fsp3) is 0.400. The molecule has 0 spiro atoms. The Morgan fingerprint density at radius 3 is 1.80 bits per heavy atom. The number of halogens is 6. The van der Waals surface area contributed by atoms with Gasteiger partial charge in [-0.05, 0) is 25.5 Å². The molecule has 1 aromatic carbocycles. The smallest absolute Gasteiger partial charge is 0.421 e. The van der Waals surface area contributed by atoms with Crippen molar-refractivity contribution in [3.05, 3.63) is 52.7 Å². The van der Waals surface area contributed by atoms with Crippen molar-refractivity contribution in [2.45, 2.75) is 37.8 Å². The van der Waals surface area contributed by atoms with Gasteiger partial charge in [0.1, 0.15) is 18.1 Å². The number of hydrogen-bond donors (Lipinski definition) is 0. The number of benzene rings is 1. The third-order valence-electron chi connectivity index (χ3n) is 3.29. The Balaban J connectivity index is 0.000000300. The molecule has 0 N–H and O–H groups in total. The molecule has 0 bridgehead atoms. The number of hydrogen-bond acceptors (Lipinski definition) is 4. The maximum absolute atomic E-state index is 11.4. The van der Waals surface area contributed by atoms with E-state index >= 15 is 0 Å². The van der Waals surface area contributed by atoms with Gasteiger partial charge in [-0.1, -0.05) is 24.6 Å². The van der Waals surface area contributed by atoms with E-state index in [1.165, 1.54) is 17.7 Å². The van der Waals surface area contributed by atoms with E-state index in [0.29, 0.717) is 0 Å². The molecule has 0 aliphatic heterocycles. The lowest BCUT2D eigenvalue weighted by atomic mass is 10.2. The van der Waals surface area contributed by atoms with E-state index < -0.39 is 31.1 Å². The minimum atomic E-state index is -6.72. The Morgan fingerprint density at radius 1 is 0.933 bits per heavy atom. The van der Waals surface area contributed by atoms with E-state index in [4.69, 9.17) is 0 Å². The molecule has 1 aromatic heterocycles. The fourth-order valence-corrected chi connectivity index (χ4v) is 3.58. The average Bonchev–Trinajstić information content (AvgIpc) is 3.02. The zero-order valence-corrected chi connectivity index (χ0v) is 17.1. The third-order valence-corrected chi connectivity index (χ3v) is 6.03. The molecule has 0 aliphatic carbocycles. The minimum absolute atomic E-state index is 0.778. The molecule has 0 unspecified atom stereocenters. The lowest BCUT2D eigenvalue weighted by Crippen LogP contribution is -2.30. The third kappa shape index (κ3) is 6.98. The standard InChI is InChI=1S/C13H17N2.C2F6NO4S2/c1-3-8-14-9-10-15(11-14)13-6-4-12(2)5-7-13;3-1(4,5)14(10,11)9-15(12,13)2(6,7)8/h4-7,9-11H,3,8H2,1-2H3;/q+1;-1. The Kier molecular flexibility index (Phi) is 8.07. The molecule has 0 radical (unpaired) electrons. The molecule has 170 valence electrons. The van der Waals surface area contributed by atoms with Crippen molar-refractivity contribution < 1.29 is 47.7 Å². The van der Waals surface area contributed by atoms with Crippen LogP contribution >= 0.6 is 0 Å². The first-order chi connectivity index (χ1) is 13.5. The normalized spacial score (nSPS) is 12.9. The highest BCUT2D eigenvalue weighted by Crippen LogP contribution is 2.36. The summed E-state index contributed by atoms with van der Waals surface area (Å²) in [4.78, 5) is 0. The SMILES string of the molecule is CCC[n+]1ccn(-c2ccc(C)cc2)c1.O=S(=O)([N-]S(=O)(=O)C(F)(F)F)C(F)(F)F. The first kappa shape index (κ1) is 25.9. The zero-order chi connectivity index (χ0) is 23.4. The summed E-state index contributed by atoms with van der Waals surface area (Å²) in [6.45, 7) is 5.38. The van der Waals surface area contributed by atoms with Gasteiger partial charge in [0.05, 0.1) is 6.54 Å². The molecule has 0 atom stereocenters. The van der Waals surface area contributed by atoms with Crippen LogP contribution in [0.4, 0.5) is 26.3 Å². The van der Waals surface area contributed by atoms with Crippen LogP contribution in [0.15, 0.2) is 43.0 Å². The van der Waals surface area contributed by atoms with Crippen LogP contribution in [-0.4, -0.2) is 32.4 Å². The van der Waals surface area contributed by atoms with Gasteiger partial charge < -0.3 is 4.13 Å². The second-order valence-corrected chi connectivity index (χ2v) is 9.23. The first-order valence-corrected chi connectivity index (χ1v) is 10.9. The zero-order valence-electron chi connectivity index (χ0n) is 15.5. The molecule has 0 amide bonds. The Morgan fingerprint density at radius 2 is 1.40 bits per heavy atom. The van der Waals surface area contributed by atoms with Crippen LogP contribution in [0.3, 0.4) is 0 Å². The molecule has 0 fully saturated rings. The fourth-order valence-electron chi connectivity index (χ4n) is 1.87. The van der Waals surface area contributed by atoms with Crippen LogP contribution in [0.5, 0.6) is 0 Å². The van der Waals surface area contributed by atoms with Gasteiger partial charge in [0, 0.05) is 0 Å². The van der Waals surface area contributed by atoms with Crippen molar-refractivity contribution in [1.82, 2.24) is 4.57 Å². The number of aryl methyl sites for hydroxylation is 2. The van der Waals surface area contributed by atoms with Gasteiger partial charge in [-0.2, -0.15) is 26.3 Å². The Hall–Kier alpha value is -2.13. The number of sulfonamides is 2. The summed E-state index contributed by atoms with van der Waals surface area (Å²) in [6, 6.07) is 8.57. The number of rotatable bonds is 5. The van der Waals surface area contributed by atoms with E-state index in [0.717, 1.165) is 10.7 Å². The second-order valence-electron chi connectivity index (χ2n) is 5.81. The molecule has 0 saturated carbocycles. The average molecular weight is 481 g/mol. The van der Waals surface area contributed by atoms with E-state index in [1.807, 2.05) is 0 Å². The number of nitrogens with zero attached hydrogens (tertiary/aromatic N) is 3. The van der Waals surface area contributed by atoms with Crippen molar-refractivity contribution in [1.29, 1.82) is 0 Å². The summed E-state index contributed by atoms with van der Waals surface area (Å²) < 4.78 is 114. The highest BCUT2D eigenvalue weighted by atomic mass is 32.3. The topological polar surface area (TPSA) is 91.2 Å². The second kappa shape index (κ2) is 9.34. The summed E-state index contributed by atoms with van der Waals surface area (Å²) >= 11 is 0. The highest BCUT2D eigenvalue weighted by molar-refractivity contribution is 8.13. The number of imidazole rings is 1. The van der Waals surface area contributed by atoms with Gasteiger partial charge in [-0.25, -0.2) is 26.0 Å². The van der Waals surface area contributed by atoms with Gasteiger partial charge in [-0.3, -0.25) is 0 Å². The van der Waals surface area contributed by atoms with E-state index in [9.17, 15) is 43.2 Å². The quantitative estimate of drug-likeness (QED) is 0.483. The Bertz CT molecular complexity index is 1000. The van der Waals surface area contributed by atoms with Crippen LogP contribution in [-0.2, 0) is 26.6 Å². The molecule has 15 heteroatoms. The van der Waals surface area contributed by atoms with Crippen LogP contribution < -0.4 is 4.57 Å². The minimum Gasteiger partial charge on any atom is -0.421 e. The van der Waals surface area contributed by atoms with Crippen LogP contribution in [0.1, 0.15) is 18.9 Å². The summed E-state index contributed by atoms with van der Waals surface area (Å²) in [5, 5.41) is 0. The van der Waals surface area contributed by atoms with E-state index in [-0.39, 0.29) is 0 Å². The van der Waals surface area contributed by atoms with Crippen LogP contribution in [0, 0.1) is 6.92 Å². The molecule has 2 rings (SSSR count). The van der Waals surface area contributed by atoms with Crippen molar-refractivity contribution in [3.63, 3.8) is 0 Å². The lowest BCUT2D eigenvalue weighted by molar-refractivity contribution is -0.696. The van der Waals surface area contributed by atoms with Gasteiger partial charge >= 0.3 is 11.0 Å². The summed E-state index contributed by atoms with van der Waals surface area (Å²) in [5.41, 5.74) is -9.89. The molecule has 0 saturated heterocycles.